The van der Waals surface area contributed by atoms with Crippen molar-refractivity contribution in [3.05, 3.63) is 65.6 Å². The quantitative estimate of drug-likeness (QED) is 0.636. The predicted octanol–water partition coefficient (Wildman–Crippen LogP) is 4.33. The predicted molar refractivity (Wildman–Crippen MR) is 112 cm³/mol. The Labute approximate surface area is 174 Å². The van der Waals surface area contributed by atoms with Crippen LogP contribution >= 0.6 is 0 Å². The van der Waals surface area contributed by atoms with Gasteiger partial charge in [-0.3, -0.25) is 9.78 Å². The number of benzene rings is 2. The van der Waals surface area contributed by atoms with Crippen LogP contribution in [0.2, 0.25) is 0 Å². The number of aromatic nitrogens is 1. The van der Waals surface area contributed by atoms with Gasteiger partial charge in [0, 0.05) is 42.6 Å². The van der Waals surface area contributed by atoms with Gasteiger partial charge in [0.2, 0.25) is 0 Å². The van der Waals surface area contributed by atoms with Gasteiger partial charge in [0.25, 0.3) is 5.91 Å². The molecule has 0 radical (unpaired) electrons. The SMILES string of the molecule is Cc1cc(C(=O)N2CCC3(CC2)OCCO3)c2cccc(-c3ccc(F)cc3)c2n1. The highest BCUT2D eigenvalue weighted by atomic mass is 19.1. The zero-order chi connectivity index (χ0) is 20.7. The summed E-state index contributed by atoms with van der Waals surface area (Å²) >= 11 is 0. The van der Waals surface area contributed by atoms with Crippen LogP contribution in [0.25, 0.3) is 22.0 Å². The van der Waals surface area contributed by atoms with Gasteiger partial charge in [0.15, 0.2) is 5.79 Å². The number of nitrogens with zero attached hydrogens (tertiary/aromatic N) is 2. The number of aryl methyl sites for hydroxylation is 1. The van der Waals surface area contributed by atoms with Crippen molar-refractivity contribution in [3.63, 3.8) is 0 Å². The number of pyridine rings is 1. The van der Waals surface area contributed by atoms with Crippen LogP contribution in [-0.4, -0.2) is 47.9 Å². The van der Waals surface area contributed by atoms with E-state index < -0.39 is 5.79 Å². The average molecular weight is 406 g/mol. The van der Waals surface area contributed by atoms with Gasteiger partial charge >= 0.3 is 0 Å². The van der Waals surface area contributed by atoms with Crippen LogP contribution < -0.4 is 0 Å². The molecule has 1 amide bonds. The van der Waals surface area contributed by atoms with Crippen molar-refractivity contribution in [2.24, 2.45) is 0 Å². The fraction of sp³-hybridized carbons (Fsp3) is 0.333. The first-order valence-electron chi connectivity index (χ1n) is 10.3. The first-order chi connectivity index (χ1) is 14.5. The van der Waals surface area contributed by atoms with Crippen molar-refractivity contribution in [3.8, 4) is 11.1 Å². The van der Waals surface area contributed by atoms with Crippen LogP contribution in [0.3, 0.4) is 0 Å². The van der Waals surface area contributed by atoms with Gasteiger partial charge < -0.3 is 14.4 Å². The maximum Gasteiger partial charge on any atom is 0.254 e. The molecule has 0 bridgehead atoms. The van der Waals surface area contributed by atoms with Gasteiger partial charge in [0.05, 0.1) is 24.3 Å². The minimum atomic E-state index is -0.511. The van der Waals surface area contributed by atoms with Crippen molar-refractivity contribution >= 4 is 16.8 Å². The Morgan fingerprint density at radius 2 is 1.77 bits per heavy atom. The zero-order valence-electron chi connectivity index (χ0n) is 16.9. The highest BCUT2D eigenvalue weighted by Gasteiger charge is 2.41. The molecule has 1 aromatic heterocycles. The summed E-state index contributed by atoms with van der Waals surface area (Å²) in [6, 6.07) is 14.0. The number of amides is 1. The number of rotatable bonds is 2. The van der Waals surface area contributed by atoms with Gasteiger partial charge in [0.1, 0.15) is 5.82 Å². The summed E-state index contributed by atoms with van der Waals surface area (Å²) in [5.41, 5.74) is 3.93. The van der Waals surface area contributed by atoms with Crippen LogP contribution in [0.4, 0.5) is 4.39 Å². The van der Waals surface area contributed by atoms with Gasteiger partial charge in [-0.15, -0.1) is 0 Å². The van der Waals surface area contributed by atoms with Gasteiger partial charge in [-0.25, -0.2) is 4.39 Å². The van der Waals surface area contributed by atoms with Crippen molar-refractivity contribution in [1.29, 1.82) is 0 Å². The third-order valence-corrected chi connectivity index (χ3v) is 5.98. The molecule has 0 atom stereocenters. The van der Waals surface area contributed by atoms with Crippen LogP contribution in [0.5, 0.6) is 0 Å². The Kier molecular flexibility index (Phi) is 4.76. The fourth-order valence-electron chi connectivity index (χ4n) is 4.42. The molecule has 5 rings (SSSR count). The van der Waals surface area contributed by atoms with E-state index in [1.165, 1.54) is 12.1 Å². The molecule has 2 fully saturated rings. The number of fused-ring (bicyclic) bond motifs is 1. The van der Waals surface area contributed by atoms with Crippen molar-refractivity contribution in [2.75, 3.05) is 26.3 Å². The molecule has 0 N–H and O–H groups in total. The number of ether oxygens (including phenoxy) is 2. The molecule has 2 aromatic carbocycles. The Morgan fingerprint density at radius 1 is 1.07 bits per heavy atom. The smallest absolute Gasteiger partial charge is 0.254 e. The van der Waals surface area contributed by atoms with Crippen molar-refractivity contribution < 1.29 is 18.7 Å². The lowest BCUT2D eigenvalue weighted by Crippen LogP contribution is -2.47. The first kappa shape index (κ1) is 19.2. The van der Waals surface area contributed by atoms with E-state index in [-0.39, 0.29) is 11.7 Å². The lowest BCUT2D eigenvalue weighted by molar-refractivity contribution is -0.181. The van der Waals surface area contributed by atoms with E-state index >= 15 is 0 Å². The molecule has 6 heteroatoms. The van der Waals surface area contributed by atoms with E-state index in [2.05, 4.69) is 0 Å². The third kappa shape index (κ3) is 3.36. The van der Waals surface area contributed by atoms with Gasteiger partial charge in [-0.05, 0) is 30.7 Å². The zero-order valence-corrected chi connectivity index (χ0v) is 16.9. The second-order valence-corrected chi connectivity index (χ2v) is 7.92. The number of hydrogen-bond donors (Lipinski definition) is 0. The van der Waals surface area contributed by atoms with Crippen LogP contribution in [0, 0.1) is 12.7 Å². The van der Waals surface area contributed by atoms with Crippen molar-refractivity contribution in [2.45, 2.75) is 25.6 Å². The second-order valence-electron chi connectivity index (χ2n) is 7.92. The highest BCUT2D eigenvalue weighted by Crippen LogP contribution is 2.34. The topological polar surface area (TPSA) is 51.7 Å². The van der Waals surface area contributed by atoms with Crippen LogP contribution in [0.1, 0.15) is 28.9 Å². The monoisotopic (exact) mass is 406 g/mol. The average Bonchev–Trinajstić information content (AvgIpc) is 3.21. The number of carbonyl (C=O) groups excluding carboxylic acids is 1. The molecule has 30 heavy (non-hydrogen) atoms. The maximum atomic E-state index is 13.4. The highest BCUT2D eigenvalue weighted by molar-refractivity contribution is 6.09. The minimum absolute atomic E-state index is 0.00500. The Bertz CT molecular complexity index is 1100. The summed E-state index contributed by atoms with van der Waals surface area (Å²) in [6.45, 7) is 4.32. The molecule has 2 aliphatic rings. The minimum Gasteiger partial charge on any atom is -0.347 e. The van der Waals surface area contributed by atoms with E-state index in [1.54, 1.807) is 12.1 Å². The number of hydrogen-bond acceptors (Lipinski definition) is 4. The number of carbonyl (C=O) groups is 1. The molecule has 0 aliphatic carbocycles. The molecule has 0 saturated carbocycles. The second kappa shape index (κ2) is 7.45. The summed E-state index contributed by atoms with van der Waals surface area (Å²) in [7, 11) is 0. The summed E-state index contributed by atoms with van der Waals surface area (Å²) in [5.74, 6) is -0.797. The number of piperidine rings is 1. The number of halogens is 1. The summed E-state index contributed by atoms with van der Waals surface area (Å²) < 4.78 is 24.9. The summed E-state index contributed by atoms with van der Waals surface area (Å²) in [5, 5.41) is 0.807. The summed E-state index contributed by atoms with van der Waals surface area (Å²) in [6.07, 6.45) is 1.36. The maximum absolute atomic E-state index is 13.4. The molecule has 0 unspecified atom stereocenters. The van der Waals surface area contributed by atoms with Crippen molar-refractivity contribution in [1.82, 2.24) is 9.88 Å². The largest absolute Gasteiger partial charge is 0.347 e. The van der Waals surface area contributed by atoms with E-state index in [4.69, 9.17) is 14.5 Å². The Balaban J connectivity index is 1.51. The van der Waals surface area contributed by atoms with E-state index in [9.17, 15) is 9.18 Å². The number of likely N-dealkylation sites (tertiary alicyclic amines) is 1. The molecule has 3 heterocycles. The van der Waals surface area contributed by atoms with E-state index in [0.29, 0.717) is 44.7 Å². The fourth-order valence-corrected chi connectivity index (χ4v) is 4.42. The first-order valence-corrected chi connectivity index (χ1v) is 10.3. The normalized spacial score (nSPS) is 18.3. The molecular formula is C24H23FN2O3. The molecule has 1 spiro atoms. The molecule has 5 nitrogen and oxygen atoms in total. The Hall–Kier alpha value is -2.83. The molecule has 3 aromatic rings. The van der Waals surface area contributed by atoms with Gasteiger partial charge in [-0.1, -0.05) is 30.3 Å². The lowest BCUT2D eigenvalue weighted by atomic mass is 9.97. The van der Waals surface area contributed by atoms with E-state index in [1.807, 2.05) is 36.1 Å². The molecule has 2 aliphatic heterocycles. The van der Waals surface area contributed by atoms with Gasteiger partial charge in [-0.2, -0.15) is 0 Å². The standard InChI is InChI=1S/C24H23FN2O3/c1-16-15-21(23(28)27-11-9-24(10-12-27)29-13-14-30-24)20-4-2-3-19(22(20)26-16)17-5-7-18(25)8-6-17/h2-8,15H,9-14H2,1H3. The molecular weight excluding hydrogens is 383 g/mol. The lowest BCUT2D eigenvalue weighted by Gasteiger charge is -2.37. The third-order valence-electron chi connectivity index (χ3n) is 5.98. The van der Waals surface area contributed by atoms with Crippen LogP contribution in [0.15, 0.2) is 48.5 Å². The molecule has 2 saturated heterocycles. The van der Waals surface area contributed by atoms with E-state index in [0.717, 1.165) is 27.7 Å². The Morgan fingerprint density at radius 3 is 2.47 bits per heavy atom. The number of para-hydroxylation sites is 1. The van der Waals surface area contributed by atoms with Crippen LogP contribution in [-0.2, 0) is 9.47 Å². The molecule has 154 valence electrons. The summed E-state index contributed by atoms with van der Waals surface area (Å²) in [4.78, 5) is 20.0.